The summed E-state index contributed by atoms with van der Waals surface area (Å²) in [4.78, 5) is 25.4. The van der Waals surface area contributed by atoms with Gasteiger partial charge in [-0.3, -0.25) is 13.9 Å². The van der Waals surface area contributed by atoms with Crippen LogP contribution in [0.5, 0.6) is 0 Å². The van der Waals surface area contributed by atoms with E-state index in [9.17, 15) is 22.4 Å². The number of benzene rings is 3. The van der Waals surface area contributed by atoms with Crippen LogP contribution >= 0.6 is 0 Å². The van der Waals surface area contributed by atoms with Crippen LogP contribution < -0.4 is 14.9 Å². The molecule has 3 rings (SSSR count). The molecule has 2 amide bonds. The molecule has 0 aliphatic carbocycles. The maximum atomic E-state index is 13.4. The number of sulfonamides is 1. The van der Waals surface area contributed by atoms with E-state index in [1.807, 2.05) is 6.92 Å². The maximum Gasteiger partial charge on any atom is 0.264 e. The Hall–Kier alpha value is -3.76. The van der Waals surface area contributed by atoms with Gasteiger partial charge in [-0.05, 0) is 55.5 Å². The van der Waals surface area contributed by atoms with E-state index >= 15 is 0 Å². The number of methoxy groups -OCH3 is 1. The molecule has 0 saturated heterocycles. The third-order valence-corrected chi connectivity index (χ3v) is 6.84. The number of halogens is 1. The summed E-state index contributed by atoms with van der Waals surface area (Å²) in [5.74, 6) is -1.65. The number of nitrogens with one attached hydrogen (secondary N) is 2. The first kappa shape index (κ1) is 25.9. The SMILES string of the molecule is COCCNC(=O)c1ccccc1NC(=O)CN(c1ccc(C)cc1)S(=O)(=O)c1ccc(F)cc1. The second-order valence-electron chi connectivity index (χ2n) is 7.64. The Kier molecular flexibility index (Phi) is 8.56. The van der Waals surface area contributed by atoms with Crippen molar-refractivity contribution in [3.05, 3.63) is 89.7 Å². The van der Waals surface area contributed by atoms with Crippen LogP contribution in [-0.4, -0.2) is 47.0 Å². The zero-order chi connectivity index (χ0) is 25.4. The Balaban J connectivity index is 1.88. The molecule has 35 heavy (non-hydrogen) atoms. The van der Waals surface area contributed by atoms with E-state index in [0.29, 0.717) is 6.61 Å². The number of aryl methyl sites for hydroxylation is 1. The summed E-state index contributed by atoms with van der Waals surface area (Å²) in [6.45, 7) is 1.90. The van der Waals surface area contributed by atoms with E-state index in [4.69, 9.17) is 4.74 Å². The lowest BCUT2D eigenvalue weighted by atomic mass is 10.1. The highest BCUT2D eigenvalue weighted by atomic mass is 32.2. The van der Waals surface area contributed by atoms with E-state index in [2.05, 4.69) is 10.6 Å². The average Bonchev–Trinajstić information content (AvgIpc) is 2.84. The van der Waals surface area contributed by atoms with Crippen LogP contribution in [0.1, 0.15) is 15.9 Å². The van der Waals surface area contributed by atoms with Crippen molar-refractivity contribution in [2.45, 2.75) is 11.8 Å². The number of hydrogen-bond acceptors (Lipinski definition) is 5. The third-order valence-electron chi connectivity index (χ3n) is 5.05. The van der Waals surface area contributed by atoms with Crippen molar-refractivity contribution in [3.63, 3.8) is 0 Å². The smallest absolute Gasteiger partial charge is 0.264 e. The summed E-state index contributed by atoms with van der Waals surface area (Å²) in [7, 11) is -2.69. The van der Waals surface area contributed by atoms with E-state index in [1.165, 1.54) is 7.11 Å². The van der Waals surface area contributed by atoms with Crippen LogP contribution in [0.25, 0.3) is 0 Å². The first-order valence-electron chi connectivity index (χ1n) is 10.7. The monoisotopic (exact) mass is 499 g/mol. The number of para-hydroxylation sites is 1. The van der Waals surface area contributed by atoms with Crippen molar-refractivity contribution >= 4 is 33.2 Å². The first-order chi connectivity index (χ1) is 16.7. The first-order valence-corrected chi connectivity index (χ1v) is 12.2. The van der Waals surface area contributed by atoms with Gasteiger partial charge in [-0.1, -0.05) is 29.8 Å². The molecule has 0 aliphatic heterocycles. The van der Waals surface area contributed by atoms with Crippen molar-refractivity contribution in [3.8, 4) is 0 Å². The molecule has 0 bridgehead atoms. The van der Waals surface area contributed by atoms with Crippen molar-refractivity contribution in [2.75, 3.05) is 36.4 Å². The molecule has 3 aromatic carbocycles. The topological polar surface area (TPSA) is 105 Å². The zero-order valence-electron chi connectivity index (χ0n) is 19.3. The van der Waals surface area contributed by atoms with E-state index in [0.717, 1.165) is 34.1 Å². The van der Waals surface area contributed by atoms with Gasteiger partial charge in [-0.25, -0.2) is 12.8 Å². The molecule has 0 heterocycles. The Morgan fingerprint density at radius 1 is 0.971 bits per heavy atom. The van der Waals surface area contributed by atoms with Gasteiger partial charge < -0.3 is 15.4 Å². The van der Waals surface area contributed by atoms with Gasteiger partial charge in [0.25, 0.3) is 15.9 Å². The average molecular weight is 500 g/mol. The highest BCUT2D eigenvalue weighted by Crippen LogP contribution is 2.25. The van der Waals surface area contributed by atoms with Crippen LogP contribution in [0.2, 0.25) is 0 Å². The Morgan fingerprint density at radius 2 is 1.63 bits per heavy atom. The fourth-order valence-electron chi connectivity index (χ4n) is 3.23. The summed E-state index contributed by atoms with van der Waals surface area (Å²) < 4.78 is 46.0. The second-order valence-corrected chi connectivity index (χ2v) is 9.51. The summed E-state index contributed by atoms with van der Waals surface area (Å²) in [6, 6.07) is 17.4. The van der Waals surface area contributed by atoms with Gasteiger partial charge >= 0.3 is 0 Å². The van der Waals surface area contributed by atoms with Gasteiger partial charge in [-0.15, -0.1) is 0 Å². The molecule has 3 aromatic rings. The maximum absolute atomic E-state index is 13.4. The van der Waals surface area contributed by atoms with Gasteiger partial charge in [-0.2, -0.15) is 0 Å². The molecule has 0 atom stereocenters. The van der Waals surface area contributed by atoms with Crippen LogP contribution in [0.3, 0.4) is 0 Å². The normalized spacial score (nSPS) is 11.1. The Bertz CT molecular complexity index is 1280. The molecule has 0 unspecified atom stereocenters. The molecule has 10 heteroatoms. The number of carbonyl (C=O) groups is 2. The summed E-state index contributed by atoms with van der Waals surface area (Å²) in [6.07, 6.45) is 0. The zero-order valence-corrected chi connectivity index (χ0v) is 20.1. The minimum Gasteiger partial charge on any atom is -0.383 e. The van der Waals surface area contributed by atoms with Crippen LogP contribution in [0, 0.1) is 12.7 Å². The number of nitrogens with zero attached hydrogens (tertiary/aromatic N) is 1. The highest BCUT2D eigenvalue weighted by Gasteiger charge is 2.27. The van der Waals surface area contributed by atoms with E-state index < -0.39 is 34.2 Å². The standard InChI is InChI=1S/C25H26FN3O5S/c1-18-7-11-20(12-8-18)29(35(32,33)21-13-9-19(26)10-14-21)17-24(30)28-23-6-4-3-5-22(23)25(31)27-15-16-34-2/h3-14H,15-17H2,1-2H3,(H,27,31)(H,28,30). The predicted octanol–water partition coefficient (Wildman–Crippen LogP) is 3.34. The van der Waals surface area contributed by atoms with Crippen molar-refractivity contribution in [1.29, 1.82) is 0 Å². The number of ether oxygens (including phenoxy) is 1. The Labute approximate surface area is 203 Å². The molecule has 2 N–H and O–H groups in total. The van der Waals surface area contributed by atoms with Gasteiger partial charge in [0.2, 0.25) is 5.91 Å². The molecular weight excluding hydrogens is 473 g/mol. The molecule has 0 saturated carbocycles. The fourth-order valence-corrected chi connectivity index (χ4v) is 4.65. The summed E-state index contributed by atoms with van der Waals surface area (Å²) in [5, 5.41) is 5.31. The molecule has 0 radical (unpaired) electrons. The van der Waals surface area contributed by atoms with E-state index in [1.54, 1.807) is 48.5 Å². The van der Waals surface area contributed by atoms with Crippen molar-refractivity contribution in [1.82, 2.24) is 5.32 Å². The molecule has 0 aliphatic rings. The van der Waals surface area contributed by atoms with Crippen molar-refractivity contribution < 1.29 is 27.1 Å². The lowest BCUT2D eigenvalue weighted by molar-refractivity contribution is -0.114. The third kappa shape index (κ3) is 6.65. The quantitative estimate of drug-likeness (QED) is 0.417. The van der Waals surface area contributed by atoms with Crippen LogP contribution in [0.15, 0.2) is 77.7 Å². The number of hydrogen-bond donors (Lipinski definition) is 2. The van der Waals surface area contributed by atoms with Crippen LogP contribution in [-0.2, 0) is 19.6 Å². The van der Waals surface area contributed by atoms with E-state index in [-0.39, 0.29) is 28.4 Å². The lowest BCUT2D eigenvalue weighted by Gasteiger charge is -2.24. The second kappa shape index (κ2) is 11.6. The van der Waals surface area contributed by atoms with Gasteiger partial charge in [0.05, 0.1) is 28.4 Å². The van der Waals surface area contributed by atoms with Crippen LogP contribution in [0.4, 0.5) is 15.8 Å². The summed E-state index contributed by atoms with van der Waals surface area (Å²) in [5.41, 5.74) is 1.63. The van der Waals surface area contributed by atoms with Gasteiger partial charge in [0.1, 0.15) is 12.4 Å². The predicted molar refractivity (Wildman–Crippen MR) is 131 cm³/mol. The number of anilines is 2. The minimum atomic E-state index is -4.20. The number of amides is 2. The molecular formula is C25H26FN3O5S. The van der Waals surface area contributed by atoms with Gasteiger partial charge in [0.15, 0.2) is 0 Å². The molecule has 0 spiro atoms. The summed E-state index contributed by atoms with van der Waals surface area (Å²) >= 11 is 0. The number of rotatable bonds is 10. The minimum absolute atomic E-state index is 0.162. The lowest BCUT2D eigenvalue weighted by Crippen LogP contribution is -2.38. The fraction of sp³-hybridized carbons (Fsp3) is 0.200. The van der Waals surface area contributed by atoms with Crippen molar-refractivity contribution in [2.24, 2.45) is 0 Å². The molecule has 0 fully saturated rings. The Morgan fingerprint density at radius 3 is 2.29 bits per heavy atom. The number of carbonyl (C=O) groups excluding carboxylic acids is 2. The molecule has 184 valence electrons. The highest BCUT2D eigenvalue weighted by molar-refractivity contribution is 7.92. The largest absolute Gasteiger partial charge is 0.383 e. The molecule has 8 nitrogen and oxygen atoms in total. The van der Waals surface area contributed by atoms with Gasteiger partial charge in [0, 0.05) is 13.7 Å². The molecule has 0 aromatic heterocycles.